The number of carbonyl (C=O) groups is 4. The molecule has 5 N–H and O–H groups in total. The average molecular weight is 356 g/mol. The van der Waals surface area contributed by atoms with Gasteiger partial charge >= 0.3 is 6.09 Å². The topological polar surface area (TPSA) is 153 Å². The molecule has 2 aliphatic heterocycles. The van der Waals surface area contributed by atoms with Gasteiger partial charge in [0, 0.05) is 26.2 Å². The number of likely N-dealkylation sites (tertiary alicyclic amines) is 2. The molecule has 0 bridgehead atoms. The number of primary amides is 1. The third kappa shape index (κ3) is 4.38. The Morgan fingerprint density at radius 2 is 1.64 bits per heavy atom. The second kappa shape index (κ2) is 7.68. The summed E-state index contributed by atoms with van der Waals surface area (Å²) in [5.74, 6) is -2.27. The molecule has 25 heavy (non-hydrogen) atoms. The minimum absolute atomic E-state index is 0.152. The van der Waals surface area contributed by atoms with Crippen molar-refractivity contribution in [2.45, 2.75) is 31.9 Å². The maximum Gasteiger partial charge on any atom is 0.407 e. The van der Waals surface area contributed by atoms with E-state index in [1.165, 1.54) is 11.8 Å². The first-order valence-electron chi connectivity index (χ1n) is 8.25. The molecule has 10 nitrogen and oxygen atoms in total. The molecule has 10 heteroatoms. The number of hydrogen-bond acceptors (Lipinski definition) is 5. The summed E-state index contributed by atoms with van der Waals surface area (Å²) in [6.45, 7) is 2.47. The van der Waals surface area contributed by atoms with Crippen LogP contribution in [-0.2, 0) is 14.4 Å². The SMILES string of the molecule is C[C@@H](O)[C@H](NC(=O)[C@H]1CCN(C(=O)[C@H]2CCN(C(=O)O)C2)C1)C(N)=O. The lowest BCUT2D eigenvalue weighted by Crippen LogP contribution is -2.52. The maximum atomic E-state index is 12.5. The van der Waals surface area contributed by atoms with E-state index in [0.717, 1.165) is 0 Å². The summed E-state index contributed by atoms with van der Waals surface area (Å²) in [6, 6.07) is -1.17. The first-order chi connectivity index (χ1) is 11.7. The van der Waals surface area contributed by atoms with Crippen molar-refractivity contribution in [3.05, 3.63) is 0 Å². The molecular weight excluding hydrogens is 332 g/mol. The number of aliphatic hydroxyl groups is 1. The lowest BCUT2D eigenvalue weighted by atomic mass is 10.1. The Bertz CT molecular complexity index is 566. The number of carboxylic acid groups (broad SMARTS) is 1. The normalized spacial score (nSPS) is 25.5. The van der Waals surface area contributed by atoms with Gasteiger partial charge in [0.2, 0.25) is 17.7 Å². The lowest BCUT2D eigenvalue weighted by molar-refractivity contribution is -0.135. The van der Waals surface area contributed by atoms with Crippen LogP contribution in [0.5, 0.6) is 0 Å². The molecule has 0 aromatic carbocycles. The van der Waals surface area contributed by atoms with Crippen molar-refractivity contribution in [3.8, 4) is 0 Å². The average Bonchev–Trinajstić information content (AvgIpc) is 3.20. The van der Waals surface area contributed by atoms with E-state index in [-0.39, 0.29) is 24.9 Å². The summed E-state index contributed by atoms with van der Waals surface area (Å²) in [6.07, 6.45) is -1.23. The monoisotopic (exact) mass is 356 g/mol. The van der Waals surface area contributed by atoms with Crippen molar-refractivity contribution < 1.29 is 29.4 Å². The van der Waals surface area contributed by atoms with Crippen molar-refractivity contribution in [2.75, 3.05) is 26.2 Å². The second-order valence-electron chi connectivity index (χ2n) is 6.61. The van der Waals surface area contributed by atoms with Gasteiger partial charge in [-0.15, -0.1) is 0 Å². The first kappa shape index (κ1) is 19.0. The van der Waals surface area contributed by atoms with E-state index in [2.05, 4.69) is 5.32 Å². The van der Waals surface area contributed by atoms with Crippen LogP contribution in [-0.4, -0.2) is 82.2 Å². The number of nitrogens with one attached hydrogen (secondary N) is 1. The molecule has 0 aromatic heterocycles. The first-order valence-corrected chi connectivity index (χ1v) is 8.25. The lowest BCUT2D eigenvalue weighted by Gasteiger charge is -2.22. The molecule has 0 unspecified atom stereocenters. The molecular formula is C15H24N4O6. The third-order valence-electron chi connectivity index (χ3n) is 4.77. The van der Waals surface area contributed by atoms with Crippen LogP contribution in [0.15, 0.2) is 0 Å². The van der Waals surface area contributed by atoms with Gasteiger partial charge in [-0.05, 0) is 19.8 Å². The number of nitrogens with zero attached hydrogens (tertiary/aromatic N) is 2. The molecule has 2 heterocycles. The van der Waals surface area contributed by atoms with Gasteiger partial charge in [0.25, 0.3) is 0 Å². The highest BCUT2D eigenvalue weighted by Crippen LogP contribution is 2.24. The summed E-state index contributed by atoms with van der Waals surface area (Å²) < 4.78 is 0. The van der Waals surface area contributed by atoms with Crippen molar-refractivity contribution in [1.82, 2.24) is 15.1 Å². The Hall–Kier alpha value is -2.36. The number of rotatable bonds is 5. The summed E-state index contributed by atoms with van der Waals surface area (Å²) in [5, 5.41) is 20.9. The predicted molar refractivity (Wildman–Crippen MR) is 85.2 cm³/mol. The van der Waals surface area contributed by atoms with Gasteiger partial charge in [-0.2, -0.15) is 0 Å². The van der Waals surface area contributed by atoms with Crippen LogP contribution in [0.4, 0.5) is 4.79 Å². The van der Waals surface area contributed by atoms with E-state index in [9.17, 15) is 24.3 Å². The van der Waals surface area contributed by atoms with Gasteiger partial charge in [0.15, 0.2) is 0 Å². The minimum atomic E-state index is -1.17. The van der Waals surface area contributed by atoms with E-state index < -0.39 is 36.0 Å². The fourth-order valence-corrected chi connectivity index (χ4v) is 3.27. The Balaban J connectivity index is 1.88. The van der Waals surface area contributed by atoms with Crippen LogP contribution in [0.25, 0.3) is 0 Å². The van der Waals surface area contributed by atoms with Gasteiger partial charge in [-0.3, -0.25) is 14.4 Å². The van der Waals surface area contributed by atoms with Crippen LogP contribution in [0.2, 0.25) is 0 Å². The highest BCUT2D eigenvalue weighted by molar-refractivity contribution is 5.89. The summed E-state index contributed by atoms with van der Waals surface area (Å²) in [5.41, 5.74) is 5.15. The number of nitrogens with two attached hydrogens (primary N) is 1. The van der Waals surface area contributed by atoms with E-state index in [4.69, 9.17) is 10.8 Å². The summed E-state index contributed by atoms with van der Waals surface area (Å²) in [7, 11) is 0. The molecule has 0 radical (unpaired) electrons. The molecule has 2 saturated heterocycles. The number of carbonyl (C=O) groups excluding carboxylic acids is 3. The van der Waals surface area contributed by atoms with Gasteiger partial charge in [0.1, 0.15) is 6.04 Å². The molecule has 4 amide bonds. The quantitative estimate of drug-likeness (QED) is 0.455. The molecule has 2 aliphatic rings. The Morgan fingerprint density at radius 1 is 1.08 bits per heavy atom. The van der Waals surface area contributed by atoms with Crippen molar-refractivity contribution in [2.24, 2.45) is 17.6 Å². The Morgan fingerprint density at radius 3 is 2.16 bits per heavy atom. The molecule has 0 saturated carbocycles. The van der Waals surface area contributed by atoms with E-state index >= 15 is 0 Å². The molecule has 0 aromatic rings. The standard InChI is InChI=1S/C15H24N4O6/c1-8(20)11(12(16)21)17-13(22)9-2-4-18(6-9)14(23)10-3-5-19(7-10)15(24)25/h8-11,20H,2-7H2,1H3,(H2,16,21)(H,17,22)(H,24,25)/t8-,9+,10+,11+/m1/s1. The molecule has 0 aliphatic carbocycles. The highest BCUT2D eigenvalue weighted by atomic mass is 16.4. The number of hydrogen-bond donors (Lipinski definition) is 4. The second-order valence-corrected chi connectivity index (χ2v) is 6.61. The largest absolute Gasteiger partial charge is 0.465 e. The maximum absolute atomic E-state index is 12.5. The summed E-state index contributed by atoms with van der Waals surface area (Å²) in [4.78, 5) is 49.7. The molecule has 140 valence electrons. The Labute approximate surface area is 144 Å². The Kier molecular flexibility index (Phi) is 5.83. The van der Waals surface area contributed by atoms with Gasteiger partial charge in [-0.1, -0.05) is 0 Å². The fourth-order valence-electron chi connectivity index (χ4n) is 3.27. The van der Waals surface area contributed by atoms with Crippen LogP contribution in [0.1, 0.15) is 19.8 Å². The van der Waals surface area contributed by atoms with Gasteiger partial charge < -0.3 is 31.1 Å². The summed E-state index contributed by atoms with van der Waals surface area (Å²) >= 11 is 0. The van der Waals surface area contributed by atoms with Crippen LogP contribution >= 0.6 is 0 Å². The van der Waals surface area contributed by atoms with Gasteiger partial charge in [0.05, 0.1) is 17.9 Å². The smallest absolute Gasteiger partial charge is 0.407 e. The van der Waals surface area contributed by atoms with Crippen LogP contribution in [0.3, 0.4) is 0 Å². The molecule has 0 spiro atoms. The predicted octanol–water partition coefficient (Wildman–Crippen LogP) is -1.81. The third-order valence-corrected chi connectivity index (χ3v) is 4.77. The molecule has 2 rings (SSSR count). The minimum Gasteiger partial charge on any atom is -0.465 e. The van der Waals surface area contributed by atoms with E-state index in [1.54, 1.807) is 4.90 Å². The van der Waals surface area contributed by atoms with Crippen LogP contribution < -0.4 is 11.1 Å². The van der Waals surface area contributed by atoms with Crippen LogP contribution in [0, 0.1) is 11.8 Å². The van der Waals surface area contributed by atoms with E-state index in [0.29, 0.717) is 25.9 Å². The van der Waals surface area contributed by atoms with Crippen molar-refractivity contribution in [1.29, 1.82) is 0 Å². The zero-order valence-corrected chi connectivity index (χ0v) is 14.1. The zero-order chi connectivity index (χ0) is 18.7. The van der Waals surface area contributed by atoms with Gasteiger partial charge in [-0.25, -0.2) is 4.79 Å². The number of amides is 4. The van der Waals surface area contributed by atoms with Crippen molar-refractivity contribution >= 4 is 23.8 Å². The fraction of sp³-hybridized carbons (Fsp3) is 0.733. The van der Waals surface area contributed by atoms with E-state index in [1.807, 2.05) is 0 Å². The zero-order valence-electron chi connectivity index (χ0n) is 14.1. The molecule has 2 fully saturated rings. The number of aliphatic hydroxyl groups excluding tert-OH is 1. The van der Waals surface area contributed by atoms with Crippen molar-refractivity contribution in [3.63, 3.8) is 0 Å². The highest BCUT2D eigenvalue weighted by Gasteiger charge is 2.38. The molecule has 4 atom stereocenters.